The summed E-state index contributed by atoms with van der Waals surface area (Å²) in [6.07, 6.45) is 3.90. The van der Waals surface area contributed by atoms with Crippen LogP contribution >= 0.6 is 11.6 Å². The van der Waals surface area contributed by atoms with Crippen molar-refractivity contribution in [3.05, 3.63) is 142 Å². The van der Waals surface area contributed by atoms with Gasteiger partial charge in [-0.15, -0.1) is 0 Å². The molecule has 1 saturated heterocycles. The third kappa shape index (κ3) is 3.22. The van der Waals surface area contributed by atoms with E-state index >= 15 is 0 Å². The molecule has 4 aromatic carbocycles. The molecule has 1 spiro atoms. The van der Waals surface area contributed by atoms with Gasteiger partial charge in [0.25, 0.3) is 0 Å². The average Bonchev–Trinajstić information content (AvgIpc) is 3.39. The smallest absolute Gasteiger partial charge is 0.185 e. The van der Waals surface area contributed by atoms with Crippen LogP contribution in [0.3, 0.4) is 0 Å². The molecular formula is C34H24ClNO3. The minimum atomic E-state index is -1.52. The Kier molecular flexibility index (Phi) is 5.26. The summed E-state index contributed by atoms with van der Waals surface area (Å²) in [6.45, 7) is 1.97. The Labute approximate surface area is 231 Å². The number of hydrogen-bond donors (Lipinski definition) is 0. The predicted molar refractivity (Wildman–Crippen MR) is 153 cm³/mol. The number of fused-ring (bicyclic) bond motifs is 5. The first-order valence-corrected chi connectivity index (χ1v) is 13.4. The predicted octanol–water partition coefficient (Wildman–Crippen LogP) is 6.96. The van der Waals surface area contributed by atoms with Gasteiger partial charge in [0.15, 0.2) is 17.3 Å². The van der Waals surface area contributed by atoms with Crippen molar-refractivity contribution in [2.75, 3.05) is 4.90 Å². The molecule has 0 N–H and O–H groups in total. The van der Waals surface area contributed by atoms with Crippen molar-refractivity contribution < 1.29 is 14.4 Å². The quantitative estimate of drug-likeness (QED) is 0.212. The fourth-order valence-corrected chi connectivity index (χ4v) is 7.08. The van der Waals surface area contributed by atoms with Crippen LogP contribution in [0.5, 0.6) is 0 Å². The van der Waals surface area contributed by atoms with Crippen molar-refractivity contribution >= 4 is 40.7 Å². The van der Waals surface area contributed by atoms with Crippen molar-refractivity contribution in [2.24, 2.45) is 5.41 Å². The zero-order valence-corrected chi connectivity index (χ0v) is 21.9. The molecule has 1 unspecified atom stereocenters. The number of hydrogen-bond acceptors (Lipinski definition) is 4. The van der Waals surface area contributed by atoms with E-state index in [0.717, 1.165) is 16.8 Å². The van der Waals surface area contributed by atoms with Crippen LogP contribution in [0.1, 0.15) is 53.7 Å². The lowest BCUT2D eigenvalue weighted by atomic mass is 9.64. The minimum absolute atomic E-state index is 0.136. The second-order valence-electron chi connectivity index (χ2n) is 10.6. The number of carbonyl (C=O) groups is 3. The van der Waals surface area contributed by atoms with Crippen molar-refractivity contribution in [1.82, 2.24) is 0 Å². The standard InChI is InChI=1S/C34H24ClNO3/c1-20-13-15-22(16-14-20)31(37)30-29(23-8-6-9-24(35)19-23)34(32(38)25-10-3-4-11-26(25)33(34)39)28-18-17-21-7-2-5-12-27(21)36(28)30/h2-19,28-30H,1H3/t28?,29-,30+/m1/s1. The normalized spacial score (nSPS) is 22.1. The van der Waals surface area contributed by atoms with Gasteiger partial charge in [-0.1, -0.05) is 108 Å². The molecule has 2 aliphatic heterocycles. The highest BCUT2D eigenvalue weighted by Gasteiger charge is 2.71. The van der Waals surface area contributed by atoms with Crippen LogP contribution in [0.15, 0.2) is 103 Å². The third-order valence-corrected chi connectivity index (χ3v) is 8.76. The number of aryl methyl sites for hydroxylation is 1. The summed E-state index contributed by atoms with van der Waals surface area (Å²) in [5, 5.41) is 0.486. The zero-order chi connectivity index (χ0) is 26.9. The molecule has 39 heavy (non-hydrogen) atoms. The van der Waals surface area contributed by atoms with Gasteiger partial charge >= 0.3 is 0 Å². The summed E-state index contributed by atoms with van der Waals surface area (Å²) in [7, 11) is 0. The molecule has 0 amide bonds. The number of carbonyl (C=O) groups excluding carboxylic acids is 3. The lowest BCUT2D eigenvalue weighted by Gasteiger charge is -2.37. The van der Waals surface area contributed by atoms with E-state index < -0.39 is 23.4 Å². The molecule has 1 aliphatic carbocycles. The van der Waals surface area contributed by atoms with E-state index in [1.807, 2.05) is 84.6 Å². The van der Waals surface area contributed by atoms with Crippen LogP contribution in [0.2, 0.25) is 5.02 Å². The van der Waals surface area contributed by atoms with Gasteiger partial charge < -0.3 is 4.90 Å². The topological polar surface area (TPSA) is 54.5 Å². The lowest BCUT2D eigenvalue weighted by molar-refractivity contribution is 0.0666. The fourth-order valence-electron chi connectivity index (χ4n) is 6.88. The Balaban J connectivity index is 1.55. The molecule has 0 radical (unpaired) electrons. The van der Waals surface area contributed by atoms with E-state index in [4.69, 9.17) is 11.6 Å². The Hall–Kier alpha value is -4.28. The summed E-state index contributed by atoms with van der Waals surface area (Å²) in [6, 6.07) is 28.1. The number of rotatable bonds is 3. The highest BCUT2D eigenvalue weighted by molar-refractivity contribution is 6.32. The summed E-state index contributed by atoms with van der Waals surface area (Å²) in [4.78, 5) is 45.8. The molecule has 0 aromatic heterocycles. The summed E-state index contributed by atoms with van der Waals surface area (Å²) >= 11 is 6.49. The van der Waals surface area contributed by atoms with E-state index in [1.165, 1.54) is 0 Å². The van der Waals surface area contributed by atoms with Gasteiger partial charge in [-0.3, -0.25) is 14.4 Å². The zero-order valence-electron chi connectivity index (χ0n) is 21.2. The van der Waals surface area contributed by atoms with Gasteiger partial charge in [0.2, 0.25) is 0 Å². The number of Topliss-reactive ketones (excluding diaryl/α,β-unsaturated/α-hetero) is 3. The van der Waals surface area contributed by atoms with E-state index in [0.29, 0.717) is 27.3 Å². The maximum absolute atomic E-state index is 14.6. The fraction of sp³-hybridized carbons (Fsp3) is 0.147. The number of benzene rings is 4. The van der Waals surface area contributed by atoms with Crippen LogP contribution < -0.4 is 4.90 Å². The second-order valence-corrected chi connectivity index (χ2v) is 11.0. The van der Waals surface area contributed by atoms with E-state index in [-0.39, 0.29) is 17.3 Å². The SMILES string of the molecule is Cc1ccc(C(=O)[C@@H]2[C@@H](c3cccc(Cl)c3)C3(C(=O)c4ccccc4C3=O)C3C=Cc4ccccc4N32)cc1. The highest BCUT2D eigenvalue weighted by atomic mass is 35.5. The Morgan fingerprint density at radius 3 is 2.18 bits per heavy atom. The summed E-state index contributed by atoms with van der Waals surface area (Å²) in [5.41, 5.74) is 3.34. The first kappa shape index (κ1) is 23.8. The second kappa shape index (κ2) is 8.62. The van der Waals surface area contributed by atoms with Gasteiger partial charge in [0, 0.05) is 33.3 Å². The Morgan fingerprint density at radius 2 is 1.49 bits per heavy atom. The third-order valence-electron chi connectivity index (χ3n) is 8.53. The van der Waals surface area contributed by atoms with E-state index in [1.54, 1.807) is 36.4 Å². The van der Waals surface area contributed by atoms with E-state index in [2.05, 4.69) is 0 Å². The van der Waals surface area contributed by atoms with Crippen LogP contribution in [-0.2, 0) is 0 Å². The van der Waals surface area contributed by atoms with Crippen LogP contribution in [0.25, 0.3) is 6.08 Å². The number of anilines is 1. The molecule has 190 valence electrons. The van der Waals surface area contributed by atoms with Gasteiger partial charge in [0.05, 0.1) is 6.04 Å². The Morgan fingerprint density at radius 1 is 0.821 bits per heavy atom. The van der Waals surface area contributed by atoms with Gasteiger partial charge in [-0.25, -0.2) is 0 Å². The van der Waals surface area contributed by atoms with Crippen molar-refractivity contribution in [3.63, 3.8) is 0 Å². The monoisotopic (exact) mass is 529 g/mol. The molecule has 2 heterocycles. The van der Waals surface area contributed by atoms with Gasteiger partial charge in [-0.2, -0.15) is 0 Å². The van der Waals surface area contributed by atoms with Gasteiger partial charge in [0.1, 0.15) is 11.5 Å². The maximum atomic E-state index is 14.6. The molecule has 5 heteroatoms. The summed E-state index contributed by atoms with van der Waals surface area (Å²) < 4.78 is 0. The highest BCUT2D eigenvalue weighted by Crippen LogP contribution is 2.61. The van der Waals surface area contributed by atoms with Crippen LogP contribution in [0.4, 0.5) is 5.69 Å². The first-order chi connectivity index (χ1) is 18.9. The molecular weight excluding hydrogens is 506 g/mol. The molecule has 3 aliphatic rings. The van der Waals surface area contributed by atoms with Gasteiger partial charge in [-0.05, 0) is 36.2 Å². The molecule has 0 bridgehead atoms. The largest absolute Gasteiger partial charge is 0.352 e. The first-order valence-electron chi connectivity index (χ1n) is 13.0. The lowest BCUT2D eigenvalue weighted by Crippen LogP contribution is -2.48. The molecule has 3 atom stereocenters. The van der Waals surface area contributed by atoms with Crippen LogP contribution in [-0.4, -0.2) is 29.4 Å². The molecule has 4 aromatic rings. The van der Waals surface area contributed by atoms with Crippen molar-refractivity contribution in [1.29, 1.82) is 0 Å². The van der Waals surface area contributed by atoms with Crippen LogP contribution in [0, 0.1) is 12.3 Å². The molecule has 0 saturated carbocycles. The number of ketones is 3. The molecule has 1 fully saturated rings. The minimum Gasteiger partial charge on any atom is -0.352 e. The van der Waals surface area contributed by atoms with Crippen molar-refractivity contribution in [3.8, 4) is 0 Å². The maximum Gasteiger partial charge on any atom is 0.185 e. The summed E-state index contributed by atoms with van der Waals surface area (Å²) in [5.74, 6) is -1.39. The number of nitrogens with zero attached hydrogens (tertiary/aromatic N) is 1. The van der Waals surface area contributed by atoms with Crippen molar-refractivity contribution in [2.45, 2.75) is 24.9 Å². The van der Waals surface area contributed by atoms with E-state index in [9.17, 15) is 14.4 Å². The number of halogens is 1. The Bertz CT molecular complexity index is 1690. The molecule has 4 nitrogen and oxygen atoms in total. The number of para-hydroxylation sites is 1. The average molecular weight is 530 g/mol. The molecule has 7 rings (SSSR count).